The van der Waals surface area contributed by atoms with E-state index in [4.69, 9.17) is 10.6 Å². The second kappa shape index (κ2) is 6.76. The summed E-state index contributed by atoms with van der Waals surface area (Å²) in [6, 6.07) is 3.75. The van der Waals surface area contributed by atoms with E-state index in [9.17, 15) is 0 Å². The number of methoxy groups -OCH3 is 1. The number of hydrogen-bond acceptors (Lipinski definition) is 5. The van der Waals surface area contributed by atoms with E-state index in [-0.39, 0.29) is 6.04 Å². The number of aromatic nitrogens is 3. The van der Waals surface area contributed by atoms with Crippen LogP contribution in [0.3, 0.4) is 0 Å². The predicted molar refractivity (Wildman–Crippen MR) is 75.2 cm³/mol. The highest BCUT2D eigenvalue weighted by Gasteiger charge is 2.17. The van der Waals surface area contributed by atoms with E-state index in [1.165, 1.54) is 0 Å². The summed E-state index contributed by atoms with van der Waals surface area (Å²) >= 11 is 3.41. The van der Waals surface area contributed by atoms with Crippen molar-refractivity contribution in [1.29, 1.82) is 0 Å². The van der Waals surface area contributed by atoms with Gasteiger partial charge in [-0.1, -0.05) is 0 Å². The zero-order valence-corrected chi connectivity index (χ0v) is 12.2. The van der Waals surface area contributed by atoms with Crippen LogP contribution in [0.2, 0.25) is 0 Å². The number of rotatable bonds is 6. The summed E-state index contributed by atoms with van der Waals surface area (Å²) in [5, 5.41) is 4.28. The molecule has 0 fully saturated rings. The lowest BCUT2D eigenvalue weighted by molar-refractivity contribution is 0.182. The summed E-state index contributed by atoms with van der Waals surface area (Å²) < 4.78 is 7.86. The van der Waals surface area contributed by atoms with Gasteiger partial charge in [0.1, 0.15) is 0 Å². The van der Waals surface area contributed by atoms with Gasteiger partial charge in [-0.2, -0.15) is 5.10 Å². The average molecular weight is 326 g/mol. The molecule has 0 aromatic carbocycles. The highest BCUT2D eigenvalue weighted by Crippen LogP contribution is 2.22. The van der Waals surface area contributed by atoms with Crippen LogP contribution in [0, 0.1) is 0 Å². The van der Waals surface area contributed by atoms with E-state index in [2.05, 4.69) is 31.4 Å². The normalized spacial score (nSPS) is 12.6. The number of nitrogens with two attached hydrogens (primary N) is 1. The molecule has 1 atom stereocenters. The largest absolute Gasteiger partial charge is 0.383 e. The number of nitrogens with one attached hydrogen (secondary N) is 1. The summed E-state index contributed by atoms with van der Waals surface area (Å²) in [7, 11) is 1.67. The van der Waals surface area contributed by atoms with Crippen LogP contribution in [0.15, 0.2) is 35.2 Å². The minimum atomic E-state index is -0.163. The van der Waals surface area contributed by atoms with Gasteiger partial charge in [0.2, 0.25) is 0 Å². The van der Waals surface area contributed by atoms with Crippen molar-refractivity contribution in [3.63, 3.8) is 0 Å². The molecular formula is C12H16BrN5O. The molecule has 0 saturated carbocycles. The van der Waals surface area contributed by atoms with Gasteiger partial charge in [0, 0.05) is 30.2 Å². The fourth-order valence-corrected chi connectivity index (χ4v) is 2.27. The minimum absolute atomic E-state index is 0.163. The minimum Gasteiger partial charge on any atom is -0.383 e. The SMILES string of the molecule is COCCn1nccc1C(NN)c1cncc(Br)c1. The van der Waals surface area contributed by atoms with Crippen molar-refractivity contribution >= 4 is 15.9 Å². The molecule has 0 radical (unpaired) electrons. The quantitative estimate of drug-likeness (QED) is 0.617. The maximum atomic E-state index is 5.68. The molecule has 2 rings (SSSR count). The third kappa shape index (κ3) is 3.38. The van der Waals surface area contributed by atoms with Crippen LogP contribution >= 0.6 is 15.9 Å². The predicted octanol–water partition coefficient (Wildman–Crippen LogP) is 1.24. The van der Waals surface area contributed by atoms with Crippen molar-refractivity contribution in [2.75, 3.05) is 13.7 Å². The van der Waals surface area contributed by atoms with Crippen molar-refractivity contribution in [1.82, 2.24) is 20.2 Å². The lowest BCUT2D eigenvalue weighted by atomic mass is 10.1. The van der Waals surface area contributed by atoms with E-state index in [1.807, 2.05) is 16.8 Å². The molecule has 0 bridgehead atoms. The summed E-state index contributed by atoms with van der Waals surface area (Å²) in [5.74, 6) is 5.68. The van der Waals surface area contributed by atoms with E-state index in [0.717, 1.165) is 15.7 Å². The molecule has 2 heterocycles. The Morgan fingerprint density at radius 2 is 2.37 bits per heavy atom. The first-order valence-electron chi connectivity index (χ1n) is 5.83. The molecule has 0 saturated heterocycles. The molecule has 2 aromatic heterocycles. The Bertz CT molecular complexity index is 530. The lowest BCUT2D eigenvalue weighted by Crippen LogP contribution is -2.31. The smallest absolute Gasteiger partial charge is 0.0893 e. The highest BCUT2D eigenvalue weighted by atomic mass is 79.9. The topological polar surface area (TPSA) is 78.0 Å². The Kier molecular flexibility index (Phi) is 5.03. The van der Waals surface area contributed by atoms with Crippen LogP contribution in [-0.2, 0) is 11.3 Å². The number of hydrogen-bond donors (Lipinski definition) is 2. The zero-order valence-electron chi connectivity index (χ0n) is 10.6. The Hall–Kier alpha value is -1.28. The van der Waals surface area contributed by atoms with Crippen LogP contribution in [0.1, 0.15) is 17.3 Å². The lowest BCUT2D eigenvalue weighted by Gasteiger charge is -2.18. The van der Waals surface area contributed by atoms with Gasteiger partial charge in [-0.3, -0.25) is 15.5 Å². The van der Waals surface area contributed by atoms with Crippen molar-refractivity contribution in [2.45, 2.75) is 12.6 Å². The average Bonchev–Trinajstić information content (AvgIpc) is 2.86. The fourth-order valence-electron chi connectivity index (χ4n) is 1.89. The van der Waals surface area contributed by atoms with Crippen molar-refractivity contribution in [3.05, 3.63) is 46.5 Å². The first kappa shape index (κ1) is 14.1. The Balaban J connectivity index is 2.29. The molecule has 7 heteroatoms. The van der Waals surface area contributed by atoms with Crippen LogP contribution < -0.4 is 11.3 Å². The third-order valence-electron chi connectivity index (χ3n) is 2.78. The number of pyridine rings is 1. The maximum Gasteiger partial charge on any atom is 0.0893 e. The molecule has 6 nitrogen and oxygen atoms in total. The zero-order chi connectivity index (χ0) is 13.7. The van der Waals surface area contributed by atoms with E-state index in [1.54, 1.807) is 25.7 Å². The molecule has 0 spiro atoms. The number of nitrogens with zero attached hydrogens (tertiary/aromatic N) is 3. The summed E-state index contributed by atoms with van der Waals surface area (Å²) in [6.07, 6.45) is 5.27. The van der Waals surface area contributed by atoms with E-state index < -0.39 is 0 Å². The molecule has 19 heavy (non-hydrogen) atoms. The van der Waals surface area contributed by atoms with Gasteiger partial charge < -0.3 is 4.74 Å². The molecular weight excluding hydrogens is 310 g/mol. The monoisotopic (exact) mass is 325 g/mol. The summed E-state index contributed by atoms with van der Waals surface area (Å²) in [6.45, 7) is 1.28. The standard InChI is InChI=1S/C12H16BrN5O/c1-19-5-4-18-11(2-3-16-18)12(17-14)9-6-10(13)8-15-7-9/h2-3,6-8,12,17H,4-5,14H2,1H3. The molecule has 3 N–H and O–H groups in total. The van der Waals surface area contributed by atoms with Gasteiger partial charge in [-0.25, -0.2) is 5.43 Å². The van der Waals surface area contributed by atoms with Gasteiger partial charge in [-0.15, -0.1) is 0 Å². The van der Waals surface area contributed by atoms with Gasteiger partial charge in [-0.05, 0) is 33.6 Å². The van der Waals surface area contributed by atoms with Gasteiger partial charge in [0.25, 0.3) is 0 Å². The third-order valence-corrected chi connectivity index (χ3v) is 3.21. The molecule has 0 amide bonds. The summed E-state index contributed by atoms with van der Waals surface area (Å²) in [5.41, 5.74) is 4.74. The number of halogens is 1. The molecule has 0 aliphatic carbocycles. The molecule has 0 aliphatic rings. The van der Waals surface area contributed by atoms with Gasteiger partial charge >= 0.3 is 0 Å². The van der Waals surface area contributed by atoms with Crippen molar-refractivity contribution in [3.8, 4) is 0 Å². The maximum absolute atomic E-state index is 5.68. The van der Waals surface area contributed by atoms with Crippen LogP contribution in [0.4, 0.5) is 0 Å². The Morgan fingerprint density at radius 3 is 3.05 bits per heavy atom. The number of ether oxygens (including phenoxy) is 1. The molecule has 102 valence electrons. The molecule has 0 aliphatic heterocycles. The van der Waals surface area contributed by atoms with Crippen molar-refractivity contribution in [2.24, 2.45) is 5.84 Å². The first-order valence-corrected chi connectivity index (χ1v) is 6.62. The van der Waals surface area contributed by atoms with Crippen LogP contribution in [-0.4, -0.2) is 28.5 Å². The van der Waals surface area contributed by atoms with Crippen molar-refractivity contribution < 1.29 is 4.74 Å². The fraction of sp³-hybridized carbons (Fsp3) is 0.333. The molecule has 2 aromatic rings. The van der Waals surface area contributed by atoms with E-state index in [0.29, 0.717) is 13.2 Å². The second-order valence-electron chi connectivity index (χ2n) is 4.01. The first-order chi connectivity index (χ1) is 9.26. The Labute approximate surface area is 120 Å². The summed E-state index contributed by atoms with van der Waals surface area (Å²) in [4.78, 5) is 4.16. The van der Waals surface area contributed by atoms with Gasteiger partial charge in [0.15, 0.2) is 0 Å². The highest BCUT2D eigenvalue weighted by molar-refractivity contribution is 9.10. The van der Waals surface area contributed by atoms with Crippen LogP contribution in [0.25, 0.3) is 0 Å². The van der Waals surface area contributed by atoms with Crippen LogP contribution in [0.5, 0.6) is 0 Å². The molecule has 1 unspecified atom stereocenters. The Morgan fingerprint density at radius 1 is 1.53 bits per heavy atom. The second-order valence-corrected chi connectivity index (χ2v) is 4.92. The van der Waals surface area contributed by atoms with E-state index >= 15 is 0 Å². The number of hydrazine groups is 1. The van der Waals surface area contributed by atoms with Gasteiger partial charge in [0.05, 0.1) is 24.9 Å².